The van der Waals surface area contributed by atoms with Gasteiger partial charge in [0.2, 0.25) is 0 Å². The molecule has 2 aromatic rings. The Kier molecular flexibility index (Phi) is 5.21. The van der Waals surface area contributed by atoms with Crippen LogP contribution in [0.5, 0.6) is 11.5 Å². The van der Waals surface area contributed by atoms with E-state index in [2.05, 4.69) is 5.32 Å². The number of hydrogen-bond donors (Lipinski definition) is 1. The molecule has 0 aliphatic heterocycles. The molecule has 5 nitrogen and oxygen atoms in total. The molecule has 0 radical (unpaired) electrons. The number of benzene rings is 2. The van der Waals surface area contributed by atoms with E-state index >= 15 is 0 Å². The average Bonchev–Trinajstić information content (AvgIpc) is 2.60. The predicted octanol–water partition coefficient (Wildman–Crippen LogP) is 3.07. The highest BCUT2D eigenvalue weighted by Crippen LogP contribution is 2.29. The number of carbonyl (C=O) groups excluding carboxylic acids is 1. The van der Waals surface area contributed by atoms with Crippen LogP contribution in [-0.4, -0.2) is 20.1 Å². The van der Waals surface area contributed by atoms with Crippen molar-refractivity contribution < 1.29 is 14.3 Å². The van der Waals surface area contributed by atoms with Gasteiger partial charge in [-0.2, -0.15) is 5.26 Å². The van der Waals surface area contributed by atoms with E-state index in [0.717, 1.165) is 5.56 Å². The first-order chi connectivity index (χ1) is 11.1. The Morgan fingerprint density at radius 2 is 1.87 bits per heavy atom. The minimum Gasteiger partial charge on any atom is -0.493 e. The Morgan fingerprint density at radius 1 is 1.13 bits per heavy atom. The molecule has 23 heavy (non-hydrogen) atoms. The number of methoxy groups -OCH3 is 2. The van der Waals surface area contributed by atoms with Gasteiger partial charge in [0.25, 0.3) is 5.91 Å². The molecule has 0 spiro atoms. The fraction of sp³-hybridized carbons (Fsp3) is 0.222. The second kappa shape index (κ2) is 7.32. The Hall–Kier alpha value is -3.00. The number of hydrogen-bond acceptors (Lipinski definition) is 4. The molecule has 0 aromatic heterocycles. The van der Waals surface area contributed by atoms with Crippen LogP contribution in [0.15, 0.2) is 42.5 Å². The van der Waals surface area contributed by atoms with E-state index in [9.17, 15) is 4.79 Å². The van der Waals surface area contributed by atoms with Crippen molar-refractivity contribution in [1.29, 1.82) is 5.26 Å². The minimum atomic E-state index is -0.232. The summed E-state index contributed by atoms with van der Waals surface area (Å²) in [6.07, 6.45) is 0. The summed E-state index contributed by atoms with van der Waals surface area (Å²) in [5, 5.41) is 11.8. The summed E-state index contributed by atoms with van der Waals surface area (Å²) in [6, 6.07) is 13.9. The first kappa shape index (κ1) is 16.4. The summed E-state index contributed by atoms with van der Waals surface area (Å²) in [4.78, 5) is 12.3. The maximum atomic E-state index is 12.3. The standard InChI is InChI=1S/C18H18N2O3/c1-12(14-7-8-16(22-2)17(10-14)23-3)20-18(21)15-6-4-5-13(9-15)11-19/h4-10,12H,1-3H3,(H,20,21)/t12-/m1/s1. The summed E-state index contributed by atoms with van der Waals surface area (Å²) < 4.78 is 10.5. The van der Waals surface area contributed by atoms with Crippen LogP contribution in [0.25, 0.3) is 0 Å². The van der Waals surface area contributed by atoms with Crippen LogP contribution in [0, 0.1) is 11.3 Å². The third-order valence-corrected chi connectivity index (χ3v) is 3.51. The molecule has 118 valence electrons. The average molecular weight is 310 g/mol. The lowest BCUT2D eigenvalue weighted by atomic mass is 10.1. The van der Waals surface area contributed by atoms with Crippen LogP contribution >= 0.6 is 0 Å². The Balaban J connectivity index is 2.16. The van der Waals surface area contributed by atoms with Crippen LogP contribution in [0.1, 0.15) is 34.5 Å². The lowest BCUT2D eigenvalue weighted by molar-refractivity contribution is 0.0940. The number of nitriles is 1. The van der Waals surface area contributed by atoms with E-state index in [0.29, 0.717) is 22.6 Å². The summed E-state index contributed by atoms with van der Waals surface area (Å²) in [5.41, 5.74) is 1.81. The molecule has 0 unspecified atom stereocenters. The zero-order valence-corrected chi connectivity index (χ0v) is 13.3. The molecule has 0 bridgehead atoms. The first-order valence-electron chi connectivity index (χ1n) is 7.12. The van der Waals surface area contributed by atoms with Crippen molar-refractivity contribution in [3.05, 3.63) is 59.2 Å². The van der Waals surface area contributed by atoms with Gasteiger partial charge in [0, 0.05) is 5.56 Å². The molecule has 1 N–H and O–H groups in total. The van der Waals surface area contributed by atoms with E-state index in [-0.39, 0.29) is 11.9 Å². The Labute approximate surface area is 135 Å². The normalized spacial score (nSPS) is 11.2. The highest BCUT2D eigenvalue weighted by atomic mass is 16.5. The van der Waals surface area contributed by atoms with E-state index < -0.39 is 0 Å². The van der Waals surface area contributed by atoms with Crippen LogP contribution in [0.3, 0.4) is 0 Å². The van der Waals surface area contributed by atoms with Gasteiger partial charge < -0.3 is 14.8 Å². The van der Waals surface area contributed by atoms with Crippen molar-refractivity contribution in [1.82, 2.24) is 5.32 Å². The Bertz CT molecular complexity index is 750. The van der Waals surface area contributed by atoms with E-state index in [1.807, 2.05) is 25.1 Å². The number of nitrogens with one attached hydrogen (secondary N) is 1. The van der Waals surface area contributed by atoms with Gasteiger partial charge in [0.1, 0.15) is 0 Å². The van der Waals surface area contributed by atoms with Crippen LogP contribution in [0.2, 0.25) is 0 Å². The van der Waals surface area contributed by atoms with Gasteiger partial charge in [-0.05, 0) is 42.8 Å². The van der Waals surface area contributed by atoms with Crippen molar-refractivity contribution in [3.8, 4) is 17.6 Å². The molecule has 0 saturated carbocycles. The van der Waals surface area contributed by atoms with Gasteiger partial charge in [-0.15, -0.1) is 0 Å². The number of carbonyl (C=O) groups is 1. The van der Waals surface area contributed by atoms with Crippen LogP contribution < -0.4 is 14.8 Å². The molecule has 0 aliphatic carbocycles. The second-order valence-corrected chi connectivity index (χ2v) is 5.00. The molecule has 2 aromatic carbocycles. The van der Waals surface area contributed by atoms with Crippen molar-refractivity contribution in [2.75, 3.05) is 14.2 Å². The zero-order valence-electron chi connectivity index (χ0n) is 13.3. The molecule has 0 saturated heterocycles. The topological polar surface area (TPSA) is 71.3 Å². The SMILES string of the molecule is COc1ccc([C@@H](C)NC(=O)c2cccc(C#N)c2)cc1OC. The number of rotatable bonds is 5. The molecule has 0 aliphatic rings. The molecule has 0 fully saturated rings. The molecular formula is C18H18N2O3. The molecule has 1 amide bonds. The second-order valence-electron chi connectivity index (χ2n) is 5.00. The monoisotopic (exact) mass is 310 g/mol. The molecule has 1 atom stereocenters. The van der Waals surface area contributed by atoms with E-state index in [1.165, 1.54) is 0 Å². The third-order valence-electron chi connectivity index (χ3n) is 3.51. The summed E-state index contributed by atoms with van der Waals surface area (Å²) in [5.74, 6) is 1.01. The number of amides is 1. The highest BCUT2D eigenvalue weighted by molar-refractivity contribution is 5.94. The maximum Gasteiger partial charge on any atom is 0.251 e. The van der Waals surface area contributed by atoms with E-state index in [1.54, 1.807) is 44.6 Å². The van der Waals surface area contributed by atoms with Gasteiger partial charge in [-0.3, -0.25) is 4.79 Å². The van der Waals surface area contributed by atoms with Gasteiger partial charge in [0.05, 0.1) is 31.9 Å². The zero-order chi connectivity index (χ0) is 16.8. The van der Waals surface area contributed by atoms with Crippen LogP contribution in [0.4, 0.5) is 0 Å². The van der Waals surface area contributed by atoms with Crippen molar-refractivity contribution in [2.45, 2.75) is 13.0 Å². The summed E-state index contributed by atoms with van der Waals surface area (Å²) in [7, 11) is 3.14. The van der Waals surface area contributed by atoms with Gasteiger partial charge >= 0.3 is 0 Å². The van der Waals surface area contributed by atoms with Crippen LogP contribution in [-0.2, 0) is 0 Å². The quantitative estimate of drug-likeness (QED) is 0.921. The fourth-order valence-corrected chi connectivity index (χ4v) is 2.22. The Morgan fingerprint density at radius 3 is 2.52 bits per heavy atom. The van der Waals surface area contributed by atoms with Gasteiger partial charge in [-0.1, -0.05) is 12.1 Å². The van der Waals surface area contributed by atoms with Crippen molar-refractivity contribution in [2.24, 2.45) is 0 Å². The van der Waals surface area contributed by atoms with Crippen molar-refractivity contribution in [3.63, 3.8) is 0 Å². The first-order valence-corrected chi connectivity index (χ1v) is 7.12. The number of nitrogens with zero attached hydrogens (tertiary/aromatic N) is 1. The predicted molar refractivity (Wildman–Crippen MR) is 86.6 cm³/mol. The lowest BCUT2D eigenvalue weighted by Gasteiger charge is -2.16. The van der Waals surface area contributed by atoms with Gasteiger partial charge in [0.15, 0.2) is 11.5 Å². The van der Waals surface area contributed by atoms with Crippen molar-refractivity contribution >= 4 is 5.91 Å². The van der Waals surface area contributed by atoms with Gasteiger partial charge in [-0.25, -0.2) is 0 Å². The third kappa shape index (κ3) is 3.80. The fourth-order valence-electron chi connectivity index (χ4n) is 2.22. The smallest absolute Gasteiger partial charge is 0.251 e. The molecular weight excluding hydrogens is 292 g/mol. The summed E-state index contributed by atoms with van der Waals surface area (Å²) >= 11 is 0. The largest absolute Gasteiger partial charge is 0.493 e. The number of ether oxygens (including phenoxy) is 2. The summed E-state index contributed by atoms with van der Waals surface area (Å²) in [6.45, 7) is 1.88. The molecule has 5 heteroatoms. The minimum absolute atomic E-state index is 0.215. The lowest BCUT2D eigenvalue weighted by Crippen LogP contribution is -2.26. The molecule has 2 rings (SSSR count). The maximum absolute atomic E-state index is 12.3. The van der Waals surface area contributed by atoms with E-state index in [4.69, 9.17) is 14.7 Å². The highest BCUT2D eigenvalue weighted by Gasteiger charge is 2.14. The molecule has 0 heterocycles.